The van der Waals surface area contributed by atoms with E-state index in [0.717, 1.165) is 35.8 Å². The molecule has 1 aromatic heterocycles. The molecule has 0 aliphatic heterocycles. The zero-order valence-corrected chi connectivity index (χ0v) is 12.7. The molecule has 0 aliphatic rings. The largest absolute Gasteiger partial charge is 0.462 e. The Morgan fingerprint density at radius 3 is 2.08 bits per heavy atom. The maximum absolute atomic E-state index is 13.4. The first-order chi connectivity index (χ1) is 12.0. The molecular weight excluding hydrogens is 371 g/mol. The Morgan fingerprint density at radius 1 is 0.923 bits per heavy atom. The fourth-order valence-electron chi connectivity index (χ4n) is 2.02. The van der Waals surface area contributed by atoms with Crippen LogP contribution in [0.15, 0.2) is 48.7 Å². The first-order valence-corrected chi connectivity index (χ1v) is 6.93. The topological polar surface area (TPSA) is 55.3 Å². The van der Waals surface area contributed by atoms with E-state index in [0.29, 0.717) is 6.07 Å². The van der Waals surface area contributed by atoms with E-state index in [2.05, 4.69) is 4.98 Å². The van der Waals surface area contributed by atoms with Crippen LogP contribution in [0.5, 0.6) is 0 Å². The first kappa shape index (κ1) is 19.5. The minimum absolute atomic E-state index is 0.515. The van der Waals surface area contributed by atoms with Gasteiger partial charge in [0, 0.05) is 11.6 Å². The average Bonchev–Trinajstić information content (AvgIpc) is 2.53. The highest BCUT2D eigenvalue weighted by atomic mass is 19.4. The summed E-state index contributed by atoms with van der Waals surface area (Å²) in [6.07, 6.45) is -10.9. The van der Waals surface area contributed by atoms with Crippen LogP contribution >= 0.6 is 0 Å². The lowest BCUT2D eigenvalue weighted by atomic mass is 10.1. The molecule has 2 aromatic rings. The second-order valence-electron chi connectivity index (χ2n) is 5.11. The molecule has 2 rings (SSSR count). The van der Waals surface area contributed by atoms with Crippen LogP contribution in [0.2, 0.25) is 0 Å². The predicted octanol–water partition coefficient (Wildman–Crippen LogP) is 3.30. The summed E-state index contributed by atoms with van der Waals surface area (Å²) >= 11 is 0. The molecule has 4 nitrogen and oxygen atoms in total. The third kappa shape index (κ3) is 3.86. The Morgan fingerprint density at radius 2 is 1.58 bits per heavy atom. The van der Waals surface area contributed by atoms with Gasteiger partial charge in [0.2, 0.25) is 0 Å². The molecule has 0 fully saturated rings. The van der Waals surface area contributed by atoms with Crippen molar-refractivity contribution in [1.29, 1.82) is 0 Å². The molecule has 0 spiro atoms. The zero-order chi connectivity index (χ0) is 19.6. The van der Waals surface area contributed by atoms with Crippen molar-refractivity contribution in [2.24, 2.45) is 0 Å². The highest BCUT2D eigenvalue weighted by Gasteiger charge is 2.76. The molecule has 140 valence electrons. The molecule has 1 amide bonds. The van der Waals surface area contributed by atoms with Crippen LogP contribution < -0.4 is 15.6 Å². The molecule has 1 heterocycles. The van der Waals surface area contributed by atoms with Crippen LogP contribution in [0.4, 0.5) is 36.6 Å². The first-order valence-electron chi connectivity index (χ1n) is 6.93. The van der Waals surface area contributed by atoms with Gasteiger partial charge in [0.25, 0.3) is 11.7 Å². The fraction of sp³-hybridized carbons (Fsp3) is 0.200. The Kier molecular flexibility index (Phi) is 5.10. The summed E-state index contributed by atoms with van der Waals surface area (Å²) in [5.41, 5.74) is -5.51. The molecule has 0 unspecified atom stereocenters. The van der Waals surface area contributed by atoms with Gasteiger partial charge in [-0.25, -0.2) is 14.7 Å². The lowest BCUT2D eigenvalue weighted by Gasteiger charge is -2.34. The smallest absolute Gasteiger partial charge is 0.296 e. The molecule has 11 heteroatoms. The van der Waals surface area contributed by atoms with E-state index < -0.39 is 41.1 Å². The standard InChI is InChI=1S/C15H10F7N3O/c16-10-5-3-4-9(8-10)12(26)25-13(14(17,18)19,15(20,21)22)24-11-6-1-2-7-23-11/h1-8H,(H,23,24)(H,25,26)/p+1. The van der Waals surface area contributed by atoms with Crippen LogP contribution in [-0.4, -0.2) is 23.9 Å². The van der Waals surface area contributed by atoms with Crippen molar-refractivity contribution in [3.63, 3.8) is 0 Å². The van der Waals surface area contributed by atoms with Gasteiger partial charge in [-0.05, 0) is 24.3 Å². The number of anilines is 1. The SMILES string of the molecule is O=C(NC(Nc1cccc[nH+]1)(C(F)(F)F)C(F)(F)F)c1cccc(F)c1. The van der Waals surface area contributed by atoms with Gasteiger partial charge in [0.1, 0.15) is 5.82 Å². The summed E-state index contributed by atoms with van der Waals surface area (Å²) in [5.74, 6) is -3.41. The number of nitrogens with one attached hydrogen (secondary N) is 3. The Bertz CT molecular complexity index is 761. The van der Waals surface area contributed by atoms with Gasteiger partial charge in [0.15, 0.2) is 0 Å². The van der Waals surface area contributed by atoms with E-state index in [-0.39, 0.29) is 0 Å². The summed E-state index contributed by atoms with van der Waals surface area (Å²) in [6.45, 7) is 0. The zero-order valence-electron chi connectivity index (χ0n) is 12.7. The Labute approximate surface area is 142 Å². The number of hydrogen-bond acceptors (Lipinski definition) is 2. The quantitative estimate of drug-likeness (QED) is 0.630. The Hall–Kier alpha value is -2.85. The molecule has 0 aliphatic carbocycles. The number of carbonyl (C=O) groups is 1. The molecule has 0 bridgehead atoms. The maximum Gasteiger partial charge on any atom is 0.462 e. The lowest BCUT2D eigenvalue weighted by Crippen LogP contribution is -2.72. The number of hydrogen-bond donors (Lipinski definition) is 2. The number of aromatic amines is 1. The average molecular weight is 382 g/mol. The molecular formula is C15H11F7N3O+. The number of rotatable bonds is 4. The molecule has 1 aromatic carbocycles. The third-order valence-corrected chi connectivity index (χ3v) is 3.27. The lowest BCUT2D eigenvalue weighted by molar-refractivity contribution is -0.367. The summed E-state index contributed by atoms with van der Waals surface area (Å²) < 4.78 is 93.7. The number of amides is 1. The van der Waals surface area contributed by atoms with Gasteiger partial charge < -0.3 is 0 Å². The van der Waals surface area contributed by atoms with Crippen molar-refractivity contribution < 1.29 is 40.5 Å². The van der Waals surface area contributed by atoms with E-state index in [4.69, 9.17) is 0 Å². The number of alkyl halides is 6. The van der Waals surface area contributed by atoms with Crippen LogP contribution in [-0.2, 0) is 0 Å². The van der Waals surface area contributed by atoms with Gasteiger partial charge in [0.05, 0.1) is 6.20 Å². The minimum atomic E-state index is -5.97. The highest BCUT2D eigenvalue weighted by Crippen LogP contribution is 2.43. The molecule has 0 radical (unpaired) electrons. The second kappa shape index (κ2) is 6.81. The van der Waals surface area contributed by atoms with Crippen molar-refractivity contribution >= 4 is 11.7 Å². The molecule has 0 atom stereocenters. The summed E-state index contributed by atoms with van der Waals surface area (Å²) in [5, 5.41) is 2.17. The van der Waals surface area contributed by atoms with E-state index >= 15 is 0 Å². The minimum Gasteiger partial charge on any atom is -0.296 e. The van der Waals surface area contributed by atoms with Gasteiger partial charge in [-0.2, -0.15) is 26.3 Å². The highest BCUT2D eigenvalue weighted by molar-refractivity contribution is 5.95. The van der Waals surface area contributed by atoms with Crippen LogP contribution in [0.3, 0.4) is 0 Å². The van der Waals surface area contributed by atoms with Crippen molar-refractivity contribution in [2.45, 2.75) is 18.0 Å². The molecule has 0 saturated carbocycles. The van der Waals surface area contributed by atoms with Gasteiger partial charge in [-0.3, -0.25) is 10.1 Å². The maximum atomic E-state index is 13.4. The van der Waals surface area contributed by atoms with Gasteiger partial charge in [-0.15, -0.1) is 0 Å². The number of aromatic nitrogens is 1. The van der Waals surface area contributed by atoms with Crippen molar-refractivity contribution in [3.8, 4) is 0 Å². The Balaban J connectivity index is 2.50. The van der Waals surface area contributed by atoms with Crippen LogP contribution in [0, 0.1) is 5.82 Å². The van der Waals surface area contributed by atoms with Gasteiger partial charge >= 0.3 is 18.0 Å². The summed E-state index contributed by atoms with van der Waals surface area (Å²) in [7, 11) is 0. The fourth-order valence-corrected chi connectivity index (χ4v) is 2.02. The molecule has 26 heavy (non-hydrogen) atoms. The van der Waals surface area contributed by atoms with E-state index in [1.165, 1.54) is 17.4 Å². The molecule has 3 N–H and O–H groups in total. The predicted molar refractivity (Wildman–Crippen MR) is 75.3 cm³/mol. The van der Waals surface area contributed by atoms with Crippen molar-refractivity contribution in [1.82, 2.24) is 5.32 Å². The molecule has 0 saturated heterocycles. The van der Waals surface area contributed by atoms with Crippen molar-refractivity contribution in [3.05, 3.63) is 60.0 Å². The van der Waals surface area contributed by atoms with E-state index in [9.17, 15) is 35.5 Å². The van der Waals surface area contributed by atoms with Crippen LogP contribution in [0.25, 0.3) is 0 Å². The summed E-state index contributed by atoms with van der Waals surface area (Å²) in [4.78, 5) is 14.1. The second-order valence-corrected chi connectivity index (χ2v) is 5.11. The number of carbonyl (C=O) groups excluding carboxylic acids is 1. The normalized spacial score (nSPS) is 12.6. The monoisotopic (exact) mass is 382 g/mol. The van der Waals surface area contributed by atoms with E-state index in [1.54, 1.807) is 0 Å². The summed E-state index contributed by atoms with van der Waals surface area (Å²) in [6, 6.07) is 6.69. The number of pyridine rings is 1. The number of H-pyrrole nitrogens is 1. The number of halogens is 7. The van der Waals surface area contributed by atoms with E-state index in [1.807, 2.05) is 0 Å². The number of benzene rings is 1. The van der Waals surface area contributed by atoms with Crippen LogP contribution in [0.1, 0.15) is 10.4 Å². The third-order valence-electron chi connectivity index (χ3n) is 3.27. The van der Waals surface area contributed by atoms with Crippen molar-refractivity contribution in [2.75, 3.05) is 5.32 Å². The van der Waals surface area contributed by atoms with Gasteiger partial charge in [-0.1, -0.05) is 12.1 Å².